The highest BCUT2D eigenvalue weighted by Crippen LogP contribution is 2.16. The number of carbonyl (C=O) groups excluding carboxylic acids is 1. The summed E-state index contributed by atoms with van der Waals surface area (Å²) in [5, 5.41) is 0.517. The molecule has 3 nitrogen and oxygen atoms in total. The third kappa shape index (κ3) is 4.05. The van der Waals surface area contributed by atoms with E-state index in [1.807, 2.05) is 0 Å². The van der Waals surface area contributed by atoms with Crippen molar-refractivity contribution in [2.75, 3.05) is 7.05 Å². The van der Waals surface area contributed by atoms with Gasteiger partial charge in [0.2, 0.25) is 0 Å². The van der Waals surface area contributed by atoms with Gasteiger partial charge in [-0.15, -0.1) is 0 Å². The highest BCUT2D eigenvalue weighted by atomic mass is 35.5. The Labute approximate surface area is 130 Å². The summed E-state index contributed by atoms with van der Waals surface area (Å²) in [6, 6.07) is 11.6. The van der Waals surface area contributed by atoms with E-state index in [1.54, 1.807) is 30.3 Å². The fourth-order valence-corrected chi connectivity index (χ4v) is 2.23. The number of nitrogens with zero attached hydrogens (tertiary/aromatic N) is 2. The van der Waals surface area contributed by atoms with E-state index in [0.29, 0.717) is 23.2 Å². The molecule has 0 saturated carbocycles. The monoisotopic (exact) mass is 302 g/mol. The third-order valence-electron chi connectivity index (χ3n) is 3.35. The van der Waals surface area contributed by atoms with Crippen molar-refractivity contribution in [3.05, 3.63) is 64.4 Å². The molecule has 0 saturated heterocycles. The number of benzene rings is 1. The molecule has 0 atom stereocenters. The number of amides is 1. The van der Waals surface area contributed by atoms with Gasteiger partial charge in [0.1, 0.15) is 5.69 Å². The number of rotatable bonds is 4. The van der Waals surface area contributed by atoms with E-state index in [9.17, 15) is 4.79 Å². The molecule has 1 amide bonds. The number of hydrogen-bond donors (Lipinski definition) is 0. The smallest absolute Gasteiger partial charge is 0.272 e. The number of hydrogen-bond acceptors (Lipinski definition) is 2. The molecule has 1 heterocycles. The lowest BCUT2D eigenvalue weighted by Crippen LogP contribution is -2.26. The number of halogens is 1. The molecule has 0 radical (unpaired) electrons. The standard InChI is InChI=1S/C17H19ClN2O/c1-12(2)14-6-4-13(5-7-14)11-20(3)17(21)16-10-15(18)8-9-19-16/h4-10,12H,11H2,1-3H3. The predicted molar refractivity (Wildman–Crippen MR) is 85.6 cm³/mol. The van der Waals surface area contributed by atoms with Crippen LogP contribution in [-0.2, 0) is 6.54 Å². The second-order valence-electron chi connectivity index (χ2n) is 5.42. The van der Waals surface area contributed by atoms with Crippen molar-refractivity contribution in [2.24, 2.45) is 0 Å². The summed E-state index contributed by atoms with van der Waals surface area (Å²) in [5.74, 6) is 0.375. The maximum Gasteiger partial charge on any atom is 0.272 e. The molecule has 0 fully saturated rings. The Morgan fingerprint density at radius 1 is 1.24 bits per heavy atom. The number of aromatic nitrogens is 1. The Morgan fingerprint density at radius 2 is 1.90 bits per heavy atom. The van der Waals surface area contributed by atoms with E-state index in [0.717, 1.165) is 5.56 Å². The lowest BCUT2D eigenvalue weighted by Gasteiger charge is -2.17. The normalized spacial score (nSPS) is 10.7. The van der Waals surface area contributed by atoms with Gasteiger partial charge in [-0.3, -0.25) is 9.78 Å². The van der Waals surface area contributed by atoms with Crippen molar-refractivity contribution < 1.29 is 4.79 Å². The second-order valence-corrected chi connectivity index (χ2v) is 5.85. The molecule has 0 spiro atoms. The Kier molecular flexibility index (Phi) is 4.97. The summed E-state index contributed by atoms with van der Waals surface area (Å²) in [6.07, 6.45) is 1.54. The Balaban J connectivity index is 2.07. The SMILES string of the molecule is CC(C)c1ccc(CN(C)C(=O)c2cc(Cl)ccn2)cc1. The Bertz CT molecular complexity index is 623. The predicted octanol–water partition coefficient (Wildman–Crippen LogP) is 4.13. The van der Waals surface area contributed by atoms with Crippen molar-refractivity contribution in [3.8, 4) is 0 Å². The first-order valence-electron chi connectivity index (χ1n) is 6.93. The van der Waals surface area contributed by atoms with Gasteiger partial charge in [0.05, 0.1) is 0 Å². The van der Waals surface area contributed by atoms with Crippen LogP contribution in [-0.4, -0.2) is 22.8 Å². The fourth-order valence-electron chi connectivity index (χ4n) is 2.07. The van der Waals surface area contributed by atoms with Crippen LogP contribution in [0.3, 0.4) is 0 Å². The molecule has 4 heteroatoms. The highest BCUT2D eigenvalue weighted by molar-refractivity contribution is 6.30. The molecule has 0 aliphatic carbocycles. The number of pyridine rings is 1. The molecule has 0 aliphatic rings. The van der Waals surface area contributed by atoms with Crippen LogP contribution in [0.5, 0.6) is 0 Å². The van der Waals surface area contributed by atoms with Crippen molar-refractivity contribution in [1.82, 2.24) is 9.88 Å². The number of carbonyl (C=O) groups is 1. The molecule has 1 aromatic carbocycles. The van der Waals surface area contributed by atoms with Crippen LogP contribution in [0.15, 0.2) is 42.6 Å². The first-order chi connectivity index (χ1) is 9.97. The van der Waals surface area contributed by atoms with Gasteiger partial charge in [-0.05, 0) is 29.2 Å². The molecule has 0 aliphatic heterocycles. The molecule has 0 unspecified atom stereocenters. The summed E-state index contributed by atoms with van der Waals surface area (Å²) >= 11 is 5.89. The molecule has 2 rings (SSSR count). The van der Waals surface area contributed by atoms with Crippen molar-refractivity contribution in [1.29, 1.82) is 0 Å². The first-order valence-corrected chi connectivity index (χ1v) is 7.31. The largest absolute Gasteiger partial charge is 0.336 e. The minimum atomic E-state index is -0.134. The topological polar surface area (TPSA) is 33.2 Å². The average Bonchev–Trinajstić information content (AvgIpc) is 2.47. The second kappa shape index (κ2) is 6.72. The molecule has 21 heavy (non-hydrogen) atoms. The van der Waals surface area contributed by atoms with Gasteiger partial charge in [-0.1, -0.05) is 49.7 Å². The van der Waals surface area contributed by atoms with Crippen LogP contribution in [0.25, 0.3) is 0 Å². The average molecular weight is 303 g/mol. The zero-order valence-corrected chi connectivity index (χ0v) is 13.3. The van der Waals surface area contributed by atoms with Crippen LogP contribution in [0.4, 0.5) is 0 Å². The van der Waals surface area contributed by atoms with E-state index >= 15 is 0 Å². The summed E-state index contributed by atoms with van der Waals surface area (Å²) in [4.78, 5) is 18.0. The third-order valence-corrected chi connectivity index (χ3v) is 3.59. The molecule has 2 aromatic rings. The lowest BCUT2D eigenvalue weighted by atomic mass is 10.0. The molecular weight excluding hydrogens is 284 g/mol. The summed E-state index contributed by atoms with van der Waals surface area (Å²) in [5.41, 5.74) is 2.75. The fraction of sp³-hybridized carbons (Fsp3) is 0.294. The van der Waals surface area contributed by atoms with Gasteiger partial charge in [-0.25, -0.2) is 0 Å². The minimum absolute atomic E-state index is 0.134. The van der Waals surface area contributed by atoms with E-state index in [4.69, 9.17) is 11.6 Å². The summed E-state index contributed by atoms with van der Waals surface area (Å²) in [6.45, 7) is 4.87. The van der Waals surface area contributed by atoms with Crippen LogP contribution in [0.2, 0.25) is 5.02 Å². The van der Waals surface area contributed by atoms with Crippen LogP contribution in [0, 0.1) is 0 Å². The highest BCUT2D eigenvalue weighted by Gasteiger charge is 2.13. The van der Waals surface area contributed by atoms with E-state index in [-0.39, 0.29) is 5.91 Å². The minimum Gasteiger partial charge on any atom is -0.336 e. The lowest BCUT2D eigenvalue weighted by molar-refractivity contribution is 0.0779. The quantitative estimate of drug-likeness (QED) is 0.851. The Hall–Kier alpha value is -1.87. The van der Waals surface area contributed by atoms with E-state index in [1.165, 1.54) is 5.56 Å². The van der Waals surface area contributed by atoms with Gasteiger partial charge in [0.15, 0.2) is 0 Å². The van der Waals surface area contributed by atoms with Crippen LogP contribution in [0.1, 0.15) is 41.4 Å². The molecule has 0 bridgehead atoms. The van der Waals surface area contributed by atoms with Gasteiger partial charge in [-0.2, -0.15) is 0 Å². The van der Waals surface area contributed by atoms with Gasteiger partial charge < -0.3 is 4.90 Å². The van der Waals surface area contributed by atoms with Gasteiger partial charge >= 0.3 is 0 Å². The maximum atomic E-state index is 12.3. The van der Waals surface area contributed by atoms with E-state index in [2.05, 4.69) is 43.1 Å². The maximum absolute atomic E-state index is 12.3. The molecule has 1 aromatic heterocycles. The van der Waals surface area contributed by atoms with Crippen LogP contribution < -0.4 is 0 Å². The van der Waals surface area contributed by atoms with Crippen molar-refractivity contribution in [3.63, 3.8) is 0 Å². The molecular formula is C17H19ClN2O. The molecule has 110 valence electrons. The van der Waals surface area contributed by atoms with Gasteiger partial charge in [0, 0.05) is 24.8 Å². The van der Waals surface area contributed by atoms with Gasteiger partial charge in [0.25, 0.3) is 5.91 Å². The zero-order valence-electron chi connectivity index (χ0n) is 12.5. The summed E-state index contributed by atoms with van der Waals surface area (Å²) < 4.78 is 0. The van der Waals surface area contributed by atoms with Crippen molar-refractivity contribution in [2.45, 2.75) is 26.3 Å². The summed E-state index contributed by atoms with van der Waals surface area (Å²) in [7, 11) is 1.77. The molecule has 0 N–H and O–H groups in total. The van der Waals surface area contributed by atoms with Crippen LogP contribution >= 0.6 is 11.6 Å². The first kappa shape index (κ1) is 15.5. The van der Waals surface area contributed by atoms with Crippen molar-refractivity contribution >= 4 is 17.5 Å². The Morgan fingerprint density at radius 3 is 2.48 bits per heavy atom. The zero-order chi connectivity index (χ0) is 15.4. The van der Waals surface area contributed by atoms with E-state index < -0.39 is 0 Å².